The van der Waals surface area contributed by atoms with Crippen molar-refractivity contribution in [3.8, 4) is 0 Å². The summed E-state index contributed by atoms with van der Waals surface area (Å²) in [6.45, 7) is 2.65. The zero-order valence-electron chi connectivity index (χ0n) is 16.4. The Labute approximate surface area is 180 Å². The quantitative estimate of drug-likeness (QED) is 0.579. The molecule has 2 N–H and O–H groups in total. The molecule has 3 aromatic rings. The van der Waals surface area contributed by atoms with Gasteiger partial charge in [0.1, 0.15) is 4.21 Å². The number of carbonyl (C=O) groups excluding carboxylic acids is 1. The van der Waals surface area contributed by atoms with Gasteiger partial charge in [-0.3, -0.25) is 9.52 Å². The third-order valence-electron chi connectivity index (χ3n) is 5.02. The first-order chi connectivity index (χ1) is 14.5. The molecule has 2 aromatic carbocycles. The molecule has 1 fully saturated rings. The molecule has 6 nitrogen and oxygen atoms in total. The van der Waals surface area contributed by atoms with Gasteiger partial charge in [0.15, 0.2) is 0 Å². The summed E-state index contributed by atoms with van der Waals surface area (Å²) in [5.41, 5.74) is 3.15. The van der Waals surface area contributed by atoms with Gasteiger partial charge in [-0.1, -0.05) is 18.2 Å². The van der Waals surface area contributed by atoms with Crippen LogP contribution < -0.4 is 14.9 Å². The maximum atomic E-state index is 12.4. The highest BCUT2D eigenvalue weighted by molar-refractivity contribution is 7.94. The average Bonchev–Trinajstić information content (AvgIpc) is 3.47. The fourth-order valence-electron chi connectivity index (χ4n) is 3.40. The van der Waals surface area contributed by atoms with Crippen LogP contribution in [0.5, 0.6) is 0 Å². The van der Waals surface area contributed by atoms with Gasteiger partial charge in [0.2, 0.25) is 0 Å². The monoisotopic (exact) mass is 441 g/mol. The summed E-state index contributed by atoms with van der Waals surface area (Å²) in [5.74, 6) is -0.203. The van der Waals surface area contributed by atoms with Crippen LogP contribution in [0.15, 0.2) is 70.3 Å². The van der Waals surface area contributed by atoms with Gasteiger partial charge >= 0.3 is 0 Å². The molecule has 1 aliphatic heterocycles. The molecule has 0 atom stereocenters. The lowest BCUT2D eigenvalue weighted by Crippen LogP contribution is -2.23. The minimum atomic E-state index is -3.59. The van der Waals surface area contributed by atoms with E-state index in [-0.39, 0.29) is 10.1 Å². The zero-order valence-corrected chi connectivity index (χ0v) is 18.0. The Morgan fingerprint density at radius 3 is 2.30 bits per heavy atom. The predicted octanol–water partition coefficient (Wildman–Crippen LogP) is 4.08. The molecule has 30 heavy (non-hydrogen) atoms. The molecule has 1 aromatic heterocycles. The molecule has 156 valence electrons. The van der Waals surface area contributed by atoms with Crippen LogP contribution in [0.1, 0.15) is 28.8 Å². The first-order valence-electron chi connectivity index (χ1n) is 9.80. The van der Waals surface area contributed by atoms with Crippen LogP contribution >= 0.6 is 11.3 Å². The van der Waals surface area contributed by atoms with Crippen LogP contribution in [0.2, 0.25) is 0 Å². The van der Waals surface area contributed by atoms with Gasteiger partial charge in [-0.25, -0.2) is 8.42 Å². The lowest BCUT2D eigenvalue weighted by Gasteiger charge is -2.17. The second-order valence-electron chi connectivity index (χ2n) is 7.16. The number of benzene rings is 2. The third kappa shape index (κ3) is 4.83. The summed E-state index contributed by atoms with van der Waals surface area (Å²) in [4.78, 5) is 14.8. The summed E-state index contributed by atoms with van der Waals surface area (Å²) >= 11 is 1.15. The van der Waals surface area contributed by atoms with Crippen LogP contribution in [0.25, 0.3) is 0 Å². The topological polar surface area (TPSA) is 78.5 Å². The molecule has 2 heterocycles. The summed E-state index contributed by atoms with van der Waals surface area (Å²) in [7, 11) is -3.59. The molecule has 0 spiro atoms. The normalized spacial score (nSPS) is 13.9. The van der Waals surface area contributed by atoms with Crippen LogP contribution in [0.3, 0.4) is 0 Å². The molecule has 1 saturated heterocycles. The van der Waals surface area contributed by atoms with Gasteiger partial charge in [0.25, 0.3) is 15.9 Å². The second-order valence-corrected chi connectivity index (χ2v) is 10.0. The number of anilines is 2. The summed E-state index contributed by atoms with van der Waals surface area (Å²) < 4.78 is 27.3. The highest BCUT2D eigenvalue weighted by atomic mass is 32.2. The van der Waals surface area contributed by atoms with Crippen LogP contribution in [-0.4, -0.2) is 27.4 Å². The summed E-state index contributed by atoms with van der Waals surface area (Å²) in [6, 6.07) is 17.9. The number of hydrogen-bond acceptors (Lipinski definition) is 5. The molecule has 1 aliphatic rings. The molecular weight excluding hydrogens is 418 g/mol. The number of thiophene rings is 1. The maximum absolute atomic E-state index is 12.4. The maximum Gasteiger partial charge on any atom is 0.271 e. The first kappa shape index (κ1) is 20.4. The first-order valence-corrected chi connectivity index (χ1v) is 12.2. The molecule has 4 rings (SSSR count). The minimum absolute atomic E-state index is 0.203. The lowest BCUT2D eigenvalue weighted by molar-refractivity contribution is 0.0951. The standard InChI is InChI=1S/C22H23N3O3S2/c26-22(23-16-17-5-11-20(12-6-17)25-13-1-2-14-25)18-7-9-19(10-8-18)24-30(27,28)21-4-3-15-29-21/h3-12,15,24H,1-2,13-14,16H2,(H,23,26). The lowest BCUT2D eigenvalue weighted by atomic mass is 10.1. The molecule has 0 bridgehead atoms. The SMILES string of the molecule is O=C(NCc1ccc(N2CCCC2)cc1)c1ccc(NS(=O)(=O)c2cccs2)cc1. The zero-order chi connectivity index (χ0) is 21.0. The van der Waals surface area contributed by atoms with Crippen molar-refractivity contribution >= 4 is 38.6 Å². The Morgan fingerprint density at radius 1 is 0.967 bits per heavy atom. The molecule has 0 unspecified atom stereocenters. The Kier molecular flexibility index (Phi) is 6.06. The van der Waals surface area contributed by atoms with Crippen LogP contribution in [-0.2, 0) is 16.6 Å². The molecule has 0 saturated carbocycles. The van der Waals surface area contributed by atoms with Crippen LogP contribution in [0.4, 0.5) is 11.4 Å². The van der Waals surface area contributed by atoms with Crippen molar-refractivity contribution in [2.75, 3.05) is 22.7 Å². The highest BCUT2D eigenvalue weighted by Crippen LogP contribution is 2.21. The third-order valence-corrected chi connectivity index (χ3v) is 7.80. The number of rotatable bonds is 7. The van der Waals surface area contributed by atoms with Crippen molar-refractivity contribution in [1.29, 1.82) is 0 Å². The van der Waals surface area contributed by atoms with E-state index in [0.29, 0.717) is 17.8 Å². The molecule has 0 aliphatic carbocycles. The molecule has 0 radical (unpaired) electrons. The van der Waals surface area contributed by atoms with E-state index in [1.54, 1.807) is 41.8 Å². The van der Waals surface area contributed by atoms with Gasteiger partial charge in [0, 0.05) is 36.6 Å². The number of nitrogens with one attached hydrogen (secondary N) is 2. The Balaban J connectivity index is 1.32. The minimum Gasteiger partial charge on any atom is -0.372 e. The summed E-state index contributed by atoms with van der Waals surface area (Å²) in [5, 5.41) is 4.62. The Morgan fingerprint density at radius 2 is 1.67 bits per heavy atom. The number of nitrogens with zero attached hydrogens (tertiary/aromatic N) is 1. The average molecular weight is 442 g/mol. The van der Waals surface area contributed by atoms with Gasteiger partial charge in [0.05, 0.1) is 0 Å². The van der Waals surface area contributed by atoms with Crippen molar-refractivity contribution in [2.45, 2.75) is 23.6 Å². The number of carbonyl (C=O) groups is 1. The fraction of sp³-hybridized carbons (Fsp3) is 0.227. The Hall–Kier alpha value is -2.84. The van der Waals surface area contributed by atoms with E-state index in [4.69, 9.17) is 0 Å². The highest BCUT2D eigenvalue weighted by Gasteiger charge is 2.15. The van der Waals surface area contributed by atoms with Gasteiger partial charge in [-0.15, -0.1) is 11.3 Å². The number of sulfonamides is 1. The number of amides is 1. The van der Waals surface area contributed by atoms with Crippen molar-refractivity contribution in [2.24, 2.45) is 0 Å². The van der Waals surface area contributed by atoms with Crippen molar-refractivity contribution in [3.05, 3.63) is 77.2 Å². The van der Waals surface area contributed by atoms with Gasteiger partial charge in [-0.05, 0) is 66.2 Å². The number of hydrogen-bond donors (Lipinski definition) is 2. The van der Waals surface area contributed by atoms with Crippen molar-refractivity contribution in [3.63, 3.8) is 0 Å². The van der Waals surface area contributed by atoms with Gasteiger partial charge in [-0.2, -0.15) is 0 Å². The van der Waals surface area contributed by atoms with E-state index >= 15 is 0 Å². The van der Waals surface area contributed by atoms with Crippen molar-refractivity contribution < 1.29 is 13.2 Å². The van der Waals surface area contributed by atoms with E-state index in [9.17, 15) is 13.2 Å². The van der Waals surface area contributed by atoms with E-state index in [2.05, 4.69) is 27.1 Å². The summed E-state index contributed by atoms with van der Waals surface area (Å²) in [6.07, 6.45) is 2.48. The Bertz CT molecular complexity index is 1090. The molecule has 8 heteroatoms. The van der Waals surface area contributed by atoms with Gasteiger partial charge < -0.3 is 10.2 Å². The predicted molar refractivity (Wildman–Crippen MR) is 121 cm³/mol. The van der Waals surface area contributed by atoms with E-state index in [1.165, 1.54) is 18.5 Å². The van der Waals surface area contributed by atoms with E-state index < -0.39 is 10.0 Å². The smallest absolute Gasteiger partial charge is 0.271 e. The molecular formula is C22H23N3O3S2. The molecule has 1 amide bonds. The largest absolute Gasteiger partial charge is 0.372 e. The fourth-order valence-corrected chi connectivity index (χ4v) is 5.45. The second kappa shape index (κ2) is 8.89. The van der Waals surface area contributed by atoms with Crippen molar-refractivity contribution in [1.82, 2.24) is 5.32 Å². The van der Waals surface area contributed by atoms with E-state index in [1.807, 2.05) is 12.1 Å². The van der Waals surface area contributed by atoms with E-state index in [0.717, 1.165) is 30.0 Å². The van der Waals surface area contributed by atoms with Crippen LogP contribution in [0, 0.1) is 0 Å².